The first-order valence-corrected chi connectivity index (χ1v) is 9.61. The third kappa shape index (κ3) is 3.45. The monoisotopic (exact) mass is 358 g/mol. The molecule has 3 aliphatic heterocycles. The van der Waals surface area contributed by atoms with Crippen molar-refractivity contribution in [1.82, 2.24) is 19.8 Å². The quantitative estimate of drug-likeness (QED) is 0.821. The highest BCUT2D eigenvalue weighted by Crippen LogP contribution is 2.37. The highest BCUT2D eigenvalue weighted by molar-refractivity contribution is 5.92. The molecule has 1 unspecified atom stereocenters. The molecule has 0 aromatic carbocycles. The molecule has 26 heavy (non-hydrogen) atoms. The lowest BCUT2D eigenvalue weighted by atomic mass is 9.98. The second kappa shape index (κ2) is 7.31. The second-order valence-corrected chi connectivity index (χ2v) is 7.62. The second-order valence-electron chi connectivity index (χ2n) is 7.62. The minimum absolute atomic E-state index is 0.0515. The van der Waals surface area contributed by atoms with Crippen molar-refractivity contribution in [3.05, 3.63) is 24.3 Å². The fourth-order valence-corrected chi connectivity index (χ4v) is 4.79. The number of piperidine rings is 2. The van der Waals surface area contributed by atoms with Crippen molar-refractivity contribution in [3.8, 4) is 0 Å². The van der Waals surface area contributed by atoms with E-state index in [-0.39, 0.29) is 24.0 Å². The Labute approximate surface area is 153 Å². The average Bonchev–Trinajstić information content (AvgIpc) is 2.94. The van der Waals surface area contributed by atoms with Gasteiger partial charge in [0.15, 0.2) is 0 Å². The van der Waals surface area contributed by atoms with Gasteiger partial charge in [-0.25, -0.2) is 4.98 Å². The van der Waals surface area contributed by atoms with Crippen molar-refractivity contribution in [2.75, 3.05) is 13.1 Å². The number of hydrogen-bond donors (Lipinski definition) is 0. The van der Waals surface area contributed by atoms with E-state index < -0.39 is 0 Å². The van der Waals surface area contributed by atoms with Crippen LogP contribution in [0.1, 0.15) is 55.9 Å². The average molecular weight is 358 g/mol. The van der Waals surface area contributed by atoms with Gasteiger partial charge in [0, 0.05) is 44.5 Å². The summed E-state index contributed by atoms with van der Waals surface area (Å²) < 4.78 is 6.37. The van der Waals surface area contributed by atoms with Crippen LogP contribution < -0.4 is 0 Å². The number of rotatable bonds is 3. The summed E-state index contributed by atoms with van der Waals surface area (Å²) in [4.78, 5) is 36.2. The van der Waals surface area contributed by atoms with Crippen LogP contribution in [0.4, 0.5) is 0 Å². The van der Waals surface area contributed by atoms with E-state index >= 15 is 0 Å². The number of carbonyl (C=O) groups is 2. The van der Waals surface area contributed by atoms with Gasteiger partial charge in [-0.1, -0.05) is 0 Å². The van der Waals surface area contributed by atoms with Gasteiger partial charge in [0.1, 0.15) is 5.69 Å². The number of hydrogen-bond acceptors (Lipinski definition) is 5. The molecule has 2 amide bonds. The predicted octanol–water partition coefficient (Wildman–Crippen LogP) is 1.64. The zero-order valence-electron chi connectivity index (χ0n) is 15.2. The van der Waals surface area contributed by atoms with Crippen LogP contribution in [0.5, 0.6) is 0 Å². The minimum Gasteiger partial charge on any atom is -0.375 e. The Morgan fingerprint density at radius 1 is 1.04 bits per heavy atom. The first-order valence-electron chi connectivity index (χ1n) is 9.61. The Hall–Kier alpha value is -2.02. The largest absolute Gasteiger partial charge is 0.375 e. The molecule has 0 N–H and O–H groups in total. The van der Waals surface area contributed by atoms with Crippen LogP contribution in [-0.4, -0.2) is 69.0 Å². The van der Waals surface area contributed by atoms with E-state index in [0.29, 0.717) is 30.9 Å². The number of aromatic nitrogens is 2. The molecule has 3 fully saturated rings. The molecule has 1 aromatic rings. The summed E-state index contributed by atoms with van der Waals surface area (Å²) in [5.41, 5.74) is 0.403. The van der Waals surface area contributed by atoms with E-state index in [4.69, 9.17) is 4.74 Å². The number of likely N-dealkylation sites (tertiary alicyclic amines) is 1. The van der Waals surface area contributed by atoms with Gasteiger partial charge in [-0.05, 0) is 38.5 Å². The fraction of sp³-hybridized carbons (Fsp3) is 0.684. The normalized spacial score (nSPS) is 29.0. The first kappa shape index (κ1) is 17.4. The Balaban J connectivity index is 1.27. The third-order valence-corrected chi connectivity index (χ3v) is 5.95. The molecule has 0 radical (unpaired) electrons. The molecule has 4 heterocycles. The molecule has 140 valence electrons. The molecule has 3 atom stereocenters. The molecular weight excluding hydrogens is 332 g/mol. The number of carbonyl (C=O) groups excluding carboxylic acids is 2. The van der Waals surface area contributed by atoms with Gasteiger partial charge in [0.25, 0.3) is 5.91 Å². The van der Waals surface area contributed by atoms with Crippen molar-refractivity contribution in [2.24, 2.45) is 0 Å². The van der Waals surface area contributed by atoms with Crippen molar-refractivity contribution in [2.45, 2.75) is 69.7 Å². The molecule has 7 nitrogen and oxygen atoms in total. The van der Waals surface area contributed by atoms with E-state index in [0.717, 1.165) is 38.5 Å². The number of ether oxygens (including phenoxy) is 1. The molecule has 1 aromatic heterocycles. The summed E-state index contributed by atoms with van der Waals surface area (Å²) in [5.74, 6) is 0.149. The van der Waals surface area contributed by atoms with Crippen molar-refractivity contribution < 1.29 is 14.3 Å². The molecule has 0 aliphatic carbocycles. The van der Waals surface area contributed by atoms with Gasteiger partial charge in [0.05, 0.1) is 18.4 Å². The van der Waals surface area contributed by atoms with Crippen LogP contribution >= 0.6 is 0 Å². The zero-order valence-corrected chi connectivity index (χ0v) is 15.2. The van der Waals surface area contributed by atoms with Gasteiger partial charge in [-0.15, -0.1) is 0 Å². The number of amides is 2. The number of nitrogens with zero attached hydrogens (tertiary/aromatic N) is 4. The molecule has 7 heteroatoms. The maximum absolute atomic E-state index is 12.4. The SMILES string of the molecule is CC(=O)N1[C@@H]2CC[C@H]1CC(OC1CCN(C(=O)c3cnccn3)CC1)C2. The van der Waals surface area contributed by atoms with Crippen LogP contribution in [0.15, 0.2) is 18.6 Å². The van der Waals surface area contributed by atoms with E-state index in [1.54, 1.807) is 19.3 Å². The summed E-state index contributed by atoms with van der Waals surface area (Å²) in [7, 11) is 0. The van der Waals surface area contributed by atoms with E-state index in [1.165, 1.54) is 6.20 Å². The zero-order chi connectivity index (χ0) is 18.1. The fourth-order valence-electron chi connectivity index (χ4n) is 4.79. The third-order valence-electron chi connectivity index (χ3n) is 5.95. The maximum atomic E-state index is 12.4. The Kier molecular flexibility index (Phi) is 4.89. The molecule has 2 bridgehead atoms. The van der Waals surface area contributed by atoms with E-state index in [1.807, 2.05) is 4.90 Å². The van der Waals surface area contributed by atoms with Gasteiger partial charge in [-0.3, -0.25) is 14.6 Å². The summed E-state index contributed by atoms with van der Waals surface area (Å²) in [6.07, 6.45) is 10.9. The maximum Gasteiger partial charge on any atom is 0.274 e. The summed E-state index contributed by atoms with van der Waals surface area (Å²) in [5, 5.41) is 0. The Morgan fingerprint density at radius 3 is 2.31 bits per heavy atom. The van der Waals surface area contributed by atoms with E-state index in [9.17, 15) is 9.59 Å². The van der Waals surface area contributed by atoms with Gasteiger partial charge >= 0.3 is 0 Å². The molecular formula is C19H26N4O3. The Morgan fingerprint density at radius 2 is 1.73 bits per heavy atom. The molecule has 3 aliphatic rings. The topological polar surface area (TPSA) is 75.6 Å². The lowest BCUT2D eigenvalue weighted by Crippen LogP contribution is -2.49. The van der Waals surface area contributed by atoms with Gasteiger partial charge in [-0.2, -0.15) is 0 Å². The predicted molar refractivity (Wildman–Crippen MR) is 94.4 cm³/mol. The molecule has 4 rings (SSSR count). The lowest BCUT2D eigenvalue weighted by Gasteiger charge is -2.40. The van der Waals surface area contributed by atoms with Crippen LogP contribution in [0.3, 0.4) is 0 Å². The lowest BCUT2D eigenvalue weighted by molar-refractivity contribution is -0.138. The number of fused-ring (bicyclic) bond motifs is 2. The summed E-state index contributed by atoms with van der Waals surface area (Å²) in [6.45, 7) is 3.06. The molecule has 0 saturated carbocycles. The smallest absolute Gasteiger partial charge is 0.274 e. The first-order chi connectivity index (χ1) is 12.6. The van der Waals surface area contributed by atoms with Crippen LogP contribution in [0.25, 0.3) is 0 Å². The Bertz CT molecular complexity index is 646. The van der Waals surface area contributed by atoms with E-state index in [2.05, 4.69) is 14.9 Å². The van der Waals surface area contributed by atoms with Crippen molar-refractivity contribution in [3.63, 3.8) is 0 Å². The van der Waals surface area contributed by atoms with Crippen LogP contribution in [0.2, 0.25) is 0 Å². The highest BCUT2D eigenvalue weighted by atomic mass is 16.5. The van der Waals surface area contributed by atoms with Crippen LogP contribution in [-0.2, 0) is 9.53 Å². The minimum atomic E-state index is -0.0515. The van der Waals surface area contributed by atoms with Gasteiger partial charge < -0.3 is 14.5 Å². The standard InChI is InChI=1S/C19H26N4O3/c1-13(24)23-14-2-3-15(23)11-17(10-14)26-16-4-8-22(9-5-16)19(25)18-12-20-6-7-21-18/h6-7,12,14-17H,2-5,8-11H2,1H3/t14-,15+,17?. The summed E-state index contributed by atoms with van der Waals surface area (Å²) >= 11 is 0. The molecule has 0 spiro atoms. The molecule has 3 saturated heterocycles. The van der Waals surface area contributed by atoms with Crippen molar-refractivity contribution >= 4 is 11.8 Å². The van der Waals surface area contributed by atoms with Crippen LogP contribution in [0, 0.1) is 0 Å². The van der Waals surface area contributed by atoms with Gasteiger partial charge in [0.2, 0.25) is 5.91 Å². The highest BCUT2D eigenvalue weighted by Gasteiger charge is 2.43. The summed E-state index contributed by atoms with van der Waals surface area (Å²) in [6, 6.07) is 0.712. The van der Waals surface area contributed by atoms with Crippen molar-refractivity contribution in [1.29, 1.82) is 0 Å².